The Kier molecular flexibility index (Phi) is 5.01. The Morgan fingerprint density at radius 1 is 1.35 bits per heavy atom. The van der Waals surface area contributed by atoms with Crippen LogP contribution in [-0.4, -0.2) is 6.04 Å². The first-order chi connectivity index (χ1) is 7.84. The van der Waals surface area contributed by atoms with Gasteiger partial charge in [-0.15, -0.1) is 0 Å². The van der Waals surface area contributed by atoms with Crippen molar-refractivity contribution in [3.8, 4) is 0 Å². The Hall–Kier alpha value is -0.550. The molecule has 0 heterocycles. The summed E-state index contributed by atoms with van der Waals surface area (Å²) in [7, 11) is 0. The molecular weight excluding hydrogens is 295 g/mol. The Morgan fingerprint density at radius 2 is 2.00 bits per heavy atom. The van der Waals surface area contributed by atoms with Crippen molar-refractivity contribution in [3.63, 3.8) is 0 Å². The average molecular weight is 310 g/mol. The molecule has 0 amide bonds. The average Bonchev–Trinajstić information content (AvgIpc) is 2.20. The third-order valence-corrected chi connectivity index (χ3v) is 3.26. The highest BCUT2D eigenvalue weighted by Gasteiger charge is 2.30. The number of benzene rings is 1. The van der Waals surface area contributed by atoms with Gasteiger partial charge in [-0.1, -0.05) is 35.3 Å². The molecule has 1 aromatic rings. The van der Waals surface area contributed by atoms with Crippen molar-refractivity contribution in [3.05, 3.63) is 33.8 Å². The molecule has 0 bridgehead atoms. The standard InChI is InChI=1S/C12H15BrF3N/c1-2-3-10(17)6-8-4-5-9(7-11(8)13)12(14,15)16/h4-5,7,10H,2-3,6,17H2,1H3. The number of hydrogen-bond acceptors (Lipinski definition) is 1. The summed E-state index contributed by atoms with van der Waals surface area (Å²) in [6, 6.07) is 3.68. The van der Waals surface area contributed by atoms with E-state index in [1.54, 1.807) is 0 Å². The predicted octanol–water partition coefficient (Wildman–Crippen LogP) is 4.14. The van der Waals surface area contributed by atoms with E-state index < -0.39 is 11.7 Å². The molecule has 2 N–H and O–H groups in total. The topological polar surface area (TPSA) is 26.0 Å². The van der Waals surface area contributed by atoms with E-state index in [1.807, 2.05) is 6.92 Å². The summed E-state index contributed by atoms with van der Waals surface area (Å²) in [4.78, 5) is 0. The number of halogens is 4. The van der Waals surface area contributed by atoms with Crippen molar-refractivity contribution in [2.45, 2.75) is 38.4 Å². The normalized spacial score (nSPS) is 13.8. The van der Waals surface area contributed by atoms with Crippen LogP contribution in [0.5, 0.6) is 0 Å². The Labute approximate surface area is 107 Å². The summed E-state index contributed by atoms with van der Waals surface area (Å²) in [6.07, 6.45) is -1.87. The number of rotatable bonds is 4. The van der Waals surface area contributed by atoms with Gasteiger partial charge in [0.25, 0.3) is 0 Å². The molecule has 5 heteroatoms. The van der Waals surface area contributed by atoms with Crippen molar-refractivity contribution in [1.29, 1.82) is 0 Å². The lowest BCUT2D eigenvalue weighted by Gasteiger charge is -2.13. The SMILES string of the molecule is CCCC(N)Cc1ccc(C(F)(F)F)cc1Br. The van der Waals surface area contributed by atoms with Crippen molar-refractivity contribution < 1.29 is 13.2 Å². The van der Waals surface area contributed by atoms with Gasteiger partial charge in [0.15, 0.2) is 0 Å². The molecule has 0 spiro atoms. The van der Waals surface area contributed by atoms with Gasteiger partial charge < -0.3 is 5.73 Å². The van der Waals surface area contributed by atoms with Crippen molar-refractivity contribution in [2.75, 3.05) is 0 Å². The first-order valence-corrected chi connectivity index (χ1v) is 6.25. The molecule has 0 saturated carbocycles. The molecule has 1 atom stereocenters. The van der Waals surface area contributed by atoms with Crippen LogP contribution in [0.1, 0.15) is 30.9 Å². The van der Waals surface area contributed by atoms with E-state index in [2.05, 4.69) is 15.9 Å². The molecule has 0 aliphatic rings. The van der Waals surface area contributed by atoms with Crippen LogP contribution in [0.15, 0.2) is 22.7 Å². The minimum atomic E-state index is -4.30. The van der Waals surface area contributed by atoms with Crippen LogP contribution in [0.3, 0.4) is 0 Å². The van der Waals surface area contributed by atoms with E-state index in [0.717, 1.165) is 30.5 Å². The molecule has 1 unspecified atom stereocenters. The zero-order chi connectivity index (χ0) is 13.1. The van der Waals surface area contributed by atoms with Crippen LogP contribution in [-0.2, 0) is 12.6 Å². The number of alkyl halides is 3. The van der Waals surface area contributed by atoms with E-state index in [-0.39, 0.29) is 6.04 Å². The van der Waals surface area contributed by atoms with Gasteiger partial charge in [-0.25, -0.2) is 0 Å². The smallest absolute Gasteiger partial charge is 0.327 e. The maximum Gasteiger partial charge on any atom is 0.416 e. The lowest BCUT2D eigenvalue weighted by Crippen LogP contribution is -2.22. The van der Waals surface area contributed by atoms with Gasteiger partial charge in [0.1, 0.15) is 0 Å². The fourth-order valence-electron chi connectivity index (χ4n) is 1.64. The van der Waals surface area contributed by atoms with E-state index in [4.69, 9.17) is 5.73 Å². The second kappa shape index (κ2) is 5.87. The maximum absolute atomic E-state index is 12.4. The molecule has 1 rings (SSSR count). The maximum atomic E-state index is 12.4. The molecule has 17 heavy (non-hydrogen) atoms. The fraction of sp³-hybridized carbons (Fsp3) is 0.500. The van der Waals surface area contributed by atoms with Gasteiger partial charge >= 0.3 is 6.18 Å². The molecule has 0 aliphatic carbocycles. The quantitative estimate of drug-likeness (QED) is 0.889. The Bertz CT molecular complexity index is 377. The second-order valence-corrected chi connectivity index (χ2v) is 4.91. The van der Waals surface area contributed by atoms with Gasteiger partial charge in [-0.2, -0.15) is 13.2 Å². The summed E-state index contributed by atoms with van der Waals surface area (Å²) in [5.41, 5.74) is 6.04. The lowest BCUT2D eigenvalue weighted by molar-refractivity contribution is -0.137. The van der Waals surface area contributed by atoms with Crippen molar-refractivity contribution in [1.82, 2.24) is 0 Å². The van der Waals surface area contributed by atoms with E-state index in [9.17, 15) is 13.2 Å². The first-order valence-electron chi connectivity index (χ1n) is 5.45. The predicted molar refractivity (Wildman–Crippen MR) is 65.7 cm³/mol. The molecule has 0 radical (unpaired) electrons. The van der Waals surface area contributed by atoms with Crippen molar-refractivity contribution >= 4 is 15.9 Å². The summed E-state index contributed by atoms with van der Waals surface area (Å²) >= 11 is 3.16. The highest BCUT2D eigenvalue weighted by molar-refractivity contribution is 9.10. The first kappa shape index (κ1) is 14.5. The molecule has 1 nitrogen and oxygen atoms in total. The fourth-order valence-corrected chi connectivity index (χ4v) is 2.19. The zero-order valence-electron chi connectivity index (χ0n) is 9.52. The van der Waals surface area contributed by atoms with E-state index >= 15 is 0 Å². The van der Waals surface area contributed by atoms with Crippen LogP contribution < -0.4 is 5.73 Å². The Balaban J connectivity index is 2.83. The number of hydrogen-bond donors (Lipinski definition) is 1. The lowest BCUT2D eigenvalue weighted by atomic mass is 10.0. The number of nitrogens with two attached hydrogens (primary N) is 1. The monoisotopic (exact) mass is 309 g/mol. The van der Waals surface area contributed by atoms with Crippen LogP contribution in [0.2, 0.25) is 0 Å². The summed E-state index contributed by atoms with van der Waals surface area (Å²) in [5, 5.41) is 0. The van der Waals surface area contributed by atoms with E-state index in [0.29, 0.717) is 10.9 Å². The third kappa shape index (κ3) is 4.32. The molecule has 0 aliphatic heterocycles. The third-order valence-electron chi connectivity index (χ3n) is 2.52. The molecule has 96 valence electrons. The minimum absolute atomic E-state index is 0.00645. The molecular formula is C12H15BrF3N. The zero-order valence-corrected chi connectivity index (χ0v) is 11.1. The van der Waals surface area contributed by atoms with Crippen molar-refractivity contribution in [2.24, 2.45) is 5.73 Å². The van der Waals surface area contributed by atoms with Crippen LogP contribution >= 0.6 is 15.9 Å². The molecule has 0 fully saturated rings. The summed E-state index contributed by atoms with van der Waals surface area (Å²) < 4.78 is 37.8. The second-order valence-electron chi connectivity index (χ2n) is 4.06. The highest BCUT2D eigenvalue weighted by Crippen LogP contribution is 2.32. The van der Waals surface area contributed by atoms with E-state index in [1.165, 1.54) is 6.07 Å². The Morgan fingerprint density at radius 3 is 2.47 bits per heavy atom. The van der Waals surface area contributed by atoms with Gasteiger partial charge in [0.2, 0.25) is 0 Å². The van der Waals surface area contributed by atoms with Crippen LogP contribution in [0, 0.1) is 0 Å². The summed E-state index contributed by atoms with van der Waals surface area (Å²) in [6.45, 7) is 2.03. The molecule has 0 saturated heterocycles. The molecule has 0 aromatic heterocycles. The van der Waals surface area contributed by atoms with Crippen LogP contribution in [0.4, 0.5) is 13.2 Å². The summed E-state index contributed by atoms with van der Waals surface area (Å²) in [5.74, 6) is 0. The largest absolute Gasteiger partial charge is 0.416 e. The van der Waals surface area contributed by atoms with Gasteiger partial charge in [-0.3, -0.25) is 0 Å². The minimum Gasteiger partial charge on any atom is -0.327 e. The van der Waals surface area contributed by atoms with Gasteiger partial charge in [0.05, 0.1) is 5.56 Å². The van der Waals surface area contributed by atoms with Gasteiger partial charge in [-0.05, 0) is 30.5 Å². The highest BCUT2D eigenvalue weighted by atomic mass is 79.9. The molecule has 1 aromatic carbocycles. The van der Waals surface area contributed by atoms with Gasteiger partial charge in [0, 0.05) is 10.5 Å². The van der Waals surface area contributed by atoms with Crippen LogP contribution in [0.25, 0.3) is 0 Å².